The summed E-state index contributed by atoms with van der Waals surface area (Å²) in [5.41, 5.74) is 4.81. The highest BCUT2D eigenvalue weighted by Gasteiger charge is 2.16. The Morgan fingerprint density at radius 3 is 2.76 bits per heavy atom. The lowest BCUT2D eigenvalue weighted by molar-refractivity contribution is 0.508. The zero-order chi connectivity index (χ0) is 15.2. The van der Waals surface area contributed by atoms with Crippen LogP contribution in [0.2, 0.25) is 0 Å². The number of aromatic nitrogens is 3. The molecule has 0 aliphatic heterocycles. The number of nitrogens with one attached hydrogen (secondary N) is 1. The highest BCUT2D eigenvalue weighted by atomic mass is 15.3. The zero-order valence-electron chi connectivity index (χ0n) is 13.6. The van der Waals surface area contributed by atoms with Crippen LogP contribution in [0.1, 0.15) is 49.0 Å². The van der Waals surface area contributed by atoms with Gasteiger partial charge in [0.15, 0.2) is 0 Å². The van der Waals surface area contributed by atoms with E-state index in [1.54, 1.807) is 0 Å². The summed E-state index contributed by atoms with van der Waals surface area (Å²) in [5, 5.41) is 8.20. The molecule has 1 atom stereocenters. The first kappa shape index (κ1) is 15.7. The second-order valence-electron chi connectivity index (χ2n) is 5.49. The topological polar surface area (TPSA) is 42.7 Å². The Morgan fingerprint density at radius 1 is 1.33 bits per heavy atom. The van der Waals surface area contributed by atoms with Crippen molar-refractivity contribution in [1.29, 1.82) is 0 Å². The molecule has 0 bridgehead atoms. The number of nitrogens with zero attached hydrogens (tertiary/aromatic N) is 3. The third kappa shape index (κ3) is 3.91. The van der Waals surface area contributed by atoms with Gasteiger partial charge >= 0.3 is 0 Å². The van der Waals surface area contributed by atoms with Crippen LogP contribution in [0.15, 0.2) is 24.4 Å². The molecule has 1 unspecified atom stereocenters. The lowest BCUT2D eigenvalue weighted by Gasteiger charge is -2.20. The molecule has 4 heteroatoms. The molecule has 2 rings (SSSR count). The van der Waals surface area contributed by atoms with Gasteiger partial charge in [-0.1, -0.05) is 19.9 Å². The summed E-state index contributed by atoms with van der Waals surface area (Å²) >= 11 is 0. The minimum absolute atomic E-state index is 0.291. The molecule has 114 valence electrons. The first-order valence-electron chi connectivity index (χ1n) is 7.82. The third-order valence-corrected chi connectivity index (χ3v) is 3.87. The van der Waals surface area contributed by atoms with Gasteiger partial charge in [0.25, 0.3) is 0 Å². The van der Waals surface area contributed by atoms with E-state index in [1.165, 1.54) is 11.3 Å². The maximum Gasteiger partial charge on any atom is 0.0624 e. The van der Waals surface area contributed by atoms with Crippen LogP contribution in [0.5, 0.6) is 0 Å². The van der Waals surface area contributed by atoms with E-state index in [0.717, 1.165) is 37.2 Å². The van der Waals surface area contributed by atoms with Crippen molar-refractivity contribution >= 4 is 0 Å². The second kappa shape index (κ2) is 7.36. The number of hydrogen-bond donors (Lipinski definition) is 1. The average Bonchev–Trinajstić information content (AvgIpc) is 2.84. The Balaban J connectivity index is 2.24. The first-order valence-corrected chi connectivity index (χ1v) is 7.82. The van der Waals surface area contributed by atoms with Crippen molar-refractivity contribution in [2.24, 2.45) is 7.05 Å². The number of pyridine rings is 1. The fourth-order valence-corrected chi connectivity index (χ4v) is 2.62. The molecule has 0 aliphatic rings. The van der Waals surface area contributed by atoms with Gasteiger partial charge in [-0.25, -0.2) is 0 Å². The summed E-state index contributed by atoms with van der Waals surface area (Å²) in [5.74, 6) is 0. The highest BCUT2D eigenvalue weighted by molar-refractivity contribution is 5.25. The molecule has 0 radical (unpaired) electrons. The molecule has 4 nitrogen and oxygen atoms in total. The quantitative estimate of drug-likeness (QED) is 0.851. The Morgan fingerprint density at radius 2 is 2.14 bits per heavy atom. The summed E-state index contributed by atoms with van der Waals surface area (Å²) in [4.78, 5) is 4.43. The van der Waals surface area contributed by atoms with Crippen LogP contribution in [-0.4, -0.2) is 21.3 Å². The van der Waals surface area contributed by atoms with Gasteiger partial charge in [0.1, 0.15) is 0 Å². The van der Waals surface area contributed by atoms with Crippen molar-refractivity contribution in [3.8, 4) is 0 Å². The lowest BCUT2D eigenvalue weighted by atomic mass is 10.00. The Kier molecular flexibility index (Phi) is 5.51. The van der Waals surface area contributed by atoms with Crippen LogP contribution < -0.4 is 5.32 Å². The molecule has 0 amide bonds. The SMILES string of the molecule is CCCNC(Cc1cc(CC)nn1C)c1cccnc1C. The Hall–Kier alpha value is -1.68. The first-order chi connectivity index (χ1) is 10.2. The van der Waals surface area contributed by atoms with Crippen molar-refractivity contribution in [3.05, 3.63) is 47.0 Å². The zero-order valence-corrected chi connectivity index (χ0v) is 13.6. The van der Waals surface area contributed by atoms with Gasteiger partial charge in [-0.15, -0.1) is 0 Å². The predicted octanol–water partition coefficient (Wildman–Crippen LogP) is 2.97. The number of hydrogen-bond acceptors (Lipinski definition) is 3. The minimum atomic E-state index is 0.291. The summed E-state index contributed by atoms with van der Waals surface area (Å²) in [7, 11) is 2.03. The van der Waals surface area contributed by atoms with Gasteiger partial charge in [0, 0.05) is 37.1 Å². The van der Waals surface area contributed by atoms with Gasteiger partial charge < -0.3 is 5.32 Å². The van der Waals surface area contributed by atoms with E-state index in [2.05, 4.69) is 48.3 Å². The molecule has 21 heavy (non-hydrogen) atoms. The molecule has 0 saturated heterocycles. The third-order valence-electron chi connectivity index (χ3n) is 3.87. The van der Waals surface area contributed by atoms with Crippen molar-refractivity contribution < 1.29 is 0 Å². The molecule has 0 saturated carbocycles. The van der Waals surface area contributed by atoms with Crippen LogP contribution in [0.25, 0.3) is 0 Å². The smallest absolute Gasteiger partial charge is 0.0624 e. The lowest BCUT2D eigenvalue weighted by Crippen LogP contribution is -2.25. The van der Waals surface area contributed by atoms with Crippen LogP contribution in [-0.2, 0) is 19.9 Å². The predicted molar refractivity (Wildman–Crippen MR) is 86.3 cm³/mol. The van der Waals surface area contributed by atoms with E-state index in [-0.39, 0.29) is 0 Å². The largest absolute Gasteiger partial charge is 0.310 e. The highest BCUT2D eigenvalue weighted by Crippen LogP contribution is 2.21. The standard InChI is InChI=1S/C17H26N4/c1-5-9-19-17(16-8-7-10-18-13(16)3)12-15-11-14(6-2)20-21(15)4/h7-8,10-11,17,19H,5-6,9,12H2,1-4H3. The second-order valence-corrected chi connectivity index (χ2v) is 5.49. The minimum Gasteiger partial charge on any atom is -0.310 e. The molecule has 0 fully saturated rings. The normalized spacial score (nSPS) is 12.6. The van der Waals surface area contributed by atoms with E-state index in [9.17, 15) is 0 Å². The molecule has 2 aromatic heterocycles. The van der Waals surface area contributed by atoms with E-state index < -0.39 is 0 Å². The van der Waals surface area contributed by atoms with Crippen LogP contribution >= 0.6 is 0 Å². The summed E-state index contributed by atoms with van der Waals surface area (Å²) in [6.07, 6.45) is 4.90. The van der Waals surface area contributed by atoms with E-state index in [4.69, 9.17) is 0 Å². The van der Waals surface area contributed by atoms with E-state index in [0.29, 0.717) is 6.04 Å². The number of aryl methyl sites for hydroxylation is 3. The molecule has 0 aromatic carbocycles. The Bertz CT molecular complexity index is 574. The molecule has 0 spiro atoms. The average molecular weight is 286 g/mol. The summed E-state index contributed by atoms with van der Waals surface area (Å²) < 4.78 is 2.01. The van der Waals surface area contributed by atoms with Crippen LogP contribution in [0.3, 0.4) is 0 Å². The monoisotopic (exact) mass is 286 g/mol. The van der Waals surface area contributed by atoms with Crippen LogP contribution in [0.4, 0.5) is 0 Å². The maximum absolute atomic E-state index is 4.55. The number of rotatable bonds is 7. The van der Waals surface area contributed by atoms with Gasteiger partial charge in [-0.05, 0) is 44.0 Å². The summed E-state index contributed by atoms with van der Waals surface area (Å²) in [6, 6.07) is 6.70. The van der Waals surface area contributed by atoms with Gasteiger partial charge in [-0.3, -0.25) is 9.67 Å². The van der Waals surface area contributed by atoms with Crippen molar-refractivity contribution in [2.75, 3.05) is 6.54 Å². The van der Waals surface area contributed by atoms with Crippen molar-refractivity contribution in [1.82, 2.24) is 20.1 Å². The molecular formula is C17H26N4. The van der Waals surface area contributed by atoms with Crippen molar-refractivity contribution in [3.63, 3.8) is 0 Å². The molecular weight excluding hydrogens is 260 g/mol. The fourth-order valence-electron chi connectivity index (χ4n) is 2.62. The van der Waals surface area contributed by atoms with E-state index in [1.807, 2.05) is 24.0 Å². The Labute approximate surface area is 127 Å². The van der Waals surface area contributed by atoms with Crippen molar-refractivity contribution in [2.45, 2.75) is 46.1 Å². The van der Waals surface area contributed by atoms with Gasteiger partial charge in [0.2, 0.25) is 0 Å². The summed E-state index contributed by atoms with van der Waals surface area (Å²) in [6.45, 7) is 7.43. The molecule has 1 N–H and O–H groups in total. The van der Waals surface area contributed by atoms with E-state index >= 15 is 0 Å². The van der Waals surface area contributed by atoms with Gasteiger partial charge in [-0.2, -0.15) is 5.10 Å². The molecule has 0 aliphatic carbocycles. The molecule has 2 aromatic rings. The fraction of sp³-hybridized carbons (Fsp3) is 0.529. The maximum atomic E-state index is 4.55. The van der Waals surface area contributed by atoms with Crippen LogP contribution in [0, 0.1) is 6.92 Å². The molecule has 2 heterocycles. The van der Waals surface area contributed by atoms with Gasteiger partial charge in [0.05, 0.1) is 5.69 Å².